The predicted octanol–water partition coefficient (Wildman–Crippen LogP) is 4.88. The van der Waals surface area contributed by atoms with Gasteiger partial charge in [0.2, 0.25) is 0 Å². The van der Waals surface area contributed by atoms with Gasteiger partial charge >= 0.3 is 0 Å². The van der Waals surface area contributed by atoms with Crippen molar-refractivity contribution in [2.75, 3.05) is 19.6 Å². The molecule has 1 saturated heterocycles. The Balaban J connectivity index is 1.89. The molecule has 0 saturated carbocycles. The van der Waals surface area contributed by atoms with Crippen molar-refractivity contribution in [1.29, 1.82) is 10.5 Å². The quantitative estimate of drug-likeness (QED) is 0.629. The lowest BCUT2D eigenvalue weighted by atomic mass is 9.60. The van der Waals surface area contributed by atoms with Crippen molar-refractivity contribution >= 4 is 5.78 Å². The SMILES string of the molecule is CC1(CCCN2CCCCC2)Oc2ccccc2C(=O)C1(CCC#N)CCC#N. The number of carbonyl (C=O) groups is 1. The largest absolute Gasteiger partial charge is 0.486 e. The minimum atomic E-state index is -0.839. The number of ether oxygens (including phenoxy) is 1. The molecule has 0 radical (unpaired) electrons. The van der Waals surface area contributed by atoms with Crippen molar-refractivity contribution in [3.05, 3.63) is 29.8 Å². The highest BCUT2D eigenvalue weighted by molar-refractivity contribution is 6.04. The van der Waals surface area contributed by atoms with E-state index in [2.05, 4.69) is 17.0 Å². The summed E-state index contributed by atoms with van der Waals surface area (Å²) in [4.78, 5) is 16.2. The normalized spacial score (nSPS) is 23.5. The number of benzene rings is 1. The third-order valence-electron chi connectivity index (χ3n) is 6.82. The van der Waals surface area contributed by atoms with E-state index in [0.717, 1.165) is 32.5 Å². The van der Waals surface area contributed by atoms with E-state index < -0.39 is 11.0 Å². The third-order valence-corrected chi connectivity index (χ3v) is 6.82. The monoisotopic (exact) mass is 393 g/mol. The van der Waals surface area contributed by atoms with Gasteiger partial charge in [-0.2, -0.15) is 10.5 Å². The second kappa shape index (κ2) is 9.42. The number of nitrogens with zero attached hydrogens (tertiary/aromatic N) is 3. The molecular formula is C24H31N3O2. The van der Waals surface area contributed by atoms with Gasteiger partial charge in [-0.1, -0.05) is 18.6 Å². The van der Waals surface area contributed by atoms with Crippen LogP contribution in [0.1, 0.15) is 75.1 Å². The lowest BCUT2D eigenvalue weighted by Crippen LogP contribution is -2.58. The van der Waals surface area contributed by atoms with Crippen LogP contribution in [0.4, 0.5) is 0 Å². The molecular weight excluding hydrogens is 362 g/mol. The van der Waals surface area contributed by atoms with Crippen LogP contribution in [0.5, 0.6) is 5.75 Å². The van der Waals surface area contributed by atoms with Crippen molar-refractivity contribution < 1.29 is 9.53 Å². The molecule has 1 aromatic rings. The summed E-state index contributed by atoms with van der Waals surface area (Å²) in [6.07, 6.45) is 6.93. The molecule has 5 heteroatoms. The van der Waals surface area contributed by atoms with Crippen molar-refractivity contribution in [3.8, 4) is 17.9 Å². The number of piperidine rings is 1. The summed E-state index contributed by atoms with van der Waals surface area (Å²) >= 11 is 0. The Hall–Kier alpha value is -2.37. The summed E-state index contributed by atoms with van der Waals surface area (Å²) in [5, 5.41) is 18.5. The number of fused-ring (bicyclic) bond motifs is 1. The first kappa shape index (κ1) is 21.3. The molecule has 0 N–H and O–H groups in total. The molecule has 3 rings (SSSR count). The number of carbonyl (C=O) groups excluding carboxylic acids is 1. The van der Waals surface area contributed by atoms with Gasteiger partial charge in [-0.05, 0) is 77.2 Å². The zero-order valence-electron chi connectivity index (χ0n) is 17.5. The second-order valence-electron chi connectivity index (χ2n) is 8.56. The molecule has 154 valence electrons. The highest BCUT2D eigenvalue weighted by atomic mass is 16.5. The van der Waals surface area contributed by atoms with E-state index in [4.69, 9.17) is 4.74 Å². The smallest absolute Gasteiger partial charge is 0.176 e. The zero-order valence-corrected chi connectivity index (χ0v) is 17.5. The van der Waals surface area contributed by atoms with Crippen LogP contribution in [0.2, 0.25) is 0 Å². The van der Waals surface area contributed by atoms with E-state index in [-0.39, 0.29) is 18.6 Å². The van der Waals surface area contributed by atoms with Gasteiger partial charge in [-0.15, -0.1) is 0 Å². The topological polar surface area (TPSA) is 77.1 Å². The predicted molar refractivity (Wildman–Crippen MR) is 111 cm³/mol. The van der Waals surface area contributed by atoms with E-state index in [1.165, 1.54) is 19.3 Å². The van der Waals surface area contributed by atoms with Gasteiger partial charge in [0.15, 0.2) is 5.78 Å². The van der Waals surface area contributed by atoms with Crippen LogP contribution in [0.25, 0.3) is 0 Å². The van der Waals surface area contributed by atoms with Crippen LogP contribution in [-0.4, -0.2) is 35.9 Å². The highest BCUT2D eigenvalue weighted by Gasteiger charge is 2.57. The van der Waals surface area contributed by atoms with Gasteiger partial charge in [0.1, 0.15) is 11.4 Å². The first-order valence-electron chi connectivity index (χ1n) is 10.9. The standard InChI is InChI=1S/C24H31N3O2/c1-23(12-9-19-27-17-5-2-6-18-27)24(13-7-15-25,14-8-16-26)22(28)20-10-3-4-11-21(20)29-23/h3-4,10-11H,2,5-9,12-14,17-19H2,1H3. The highest BCUT2D eigenvalue weighted by Crippen LogP contribution is 2.52. The van der Waals surface area contributed by atoms with E-state index >= 15 is 0 Å². The molecule has 2 heterocycles. The number of Topliss-reactive ketones (excluding diaryl/α,β-unsaturated/α-hetero) is 1. The van der Waals surface area contributed by atoms with Gasteiger partial charge < -0.3 is 9.64 Å². The van der Waals surface area contributed by atoms with Crippen LogP contribution in [0.3, 0.4) is 0 Å². The van der Waals surface area contributed by atoms with Crippen LogP contribution in [-0.2, 0) is 0 Å². The molecule has 2 aliphatic heterocycles. The molecule has 5 nitrogen and oxygen atoms in total. The first-order chi connectivity index (χ1) is 14.1. The fourth-order valence-corrected chi connectivity index (χ4v) is 5.11. The number of para-hydroxylation sites is 1. The van der Waals surface area contributed by atoms with Gasteiger partial charge in [-0.3, -0.25) is 4.79 Å². The van der Waals surface area contributed by atoms with Crippen molar-refractivity contribution in [3.63, 3.8) is 0 Å². The molecule has 0 aromatic heterocycles. The van der Waals surface area contributed by atoms with Crippen LogP contribution in [0.15, 0.2) is 24.3 Å². The van der Waals surface area contributed by atoms with Crippen LogP contribution >= 0.6 is 0 Å². The number of likely N-dealkylation sites (tertiary alicyclic amines) is 1. The summed E-state index contributed by atoms with van der Waals surface area (Å²) in [7, 11) is 0. The molecule has 29 heavy (non-hydrogen) atoms. The van der Waals surface area contributed by atoms with E-state index in [9.17, 15) is 15.3 Å². The number of hydrogen-bond acceptors (Lipinski definition) is 5. The Kier molecular flexibility index (Phi) is 6.93. The molecule has 0 aliphatic carbocycles. The third kappa shape index (κ3) is 4.31. The molecule has 2 aliphatic rings. The van der Waals surface area contributed by atoms with Gasteiger partial charge in [0.25, 0.3) is 0 Å². The minimum absolute atomic E-state index is 0.0327. The molecule has 1 atom stereocenters. The summed E-state index contributed by atoms with van der Waals surface area (Å²) < 4.78 is 6.53. The van der Waals surface area contributed by atoms with E-state index in [0.29, 0.717) is 24.2 Å². The fraction of sp³-hybridized carbons (Fsp3) is 0.625. The van der Waals surface area contributed by atoms with Crippen molar-refractivity contribution in [1.82, 2.24) is 4.90 Å². The van der Waals surface area contributed by atoms with Gasteiger partial charge in [-0.25, -0.2) is 0 Å². The lowest BCUT2D eigenvalue weighted by molar-refractivity contribution is -0.0569. The van der Waals surface area contributed by atoms with E-state index in [1.807, 2.05) is 25.1 Å². The number of ketones is 1. The number of rotatable bonds is 8. The molecule has 1 unspecified atom stereocenters. The minimum Gasteiger partial charge on any atom is -0.486 e. The molecule has 1 fully saturated rings. The maximum Gasteiger partial charge on any atom is 0.176 e. The maximum absolute atomic E-state index is 13.7. The van der Waals surface area contributed by atoms with Crippen LogP contribution in [0, 0.1) is 28.1 Å². The number of nitriles is 2. The Morgan fingerprint density at radius 2 is 1.69 bits per heavy atom. The molecule has 0 spiro atoms. The van der Waals surface area contributed by atoms with Crippen molar-refractivity contribution in [2.24, 2.45) is 5.41 Å². The summed E-state index contributed by atoms with van der Waals surface area (Å²) in [6, 6.07) is 11.8. The molecule has 0 bridgehead atoms. The Bertz CT molecular complexity index is 783. The Labute approximate surface area is 174 Å². The summed E-state index contributed by atoms with van der Waals surface area (Å²) in [5.41, 5.74) is -0.978. The van der Waals surface area contributed by atoms with E-state index in [1.54, 1.807) is 6.07 Å². The lowest BCUT2D eigenvalue weighted by Gasteiger charge is -2.51. The Morgan fingerprint density at radius 3 is 2.34 bits per heavy atom. The first-order valence-corrected chi connectivity index (χ1v) is 10.9. The number of hydrogen-bond donors (Lipinski definition) is 0. The van der Waals surface area contributed by atoms with Crippen LogP contribution < -0.4 is 4.74 Å². The zero-order chi connectivity index (χ0) is 20.7. The average Bonchev–Trinajstić information content (AvgIpc) is 2.74. The second-order valence-corrected chi connectivity index (χ2v) is 8.56. The van der Waals surface area contributed by atoms with Crippen molar-refractivity contribution in [2.45, 2.75) is 70.3 Å². The summed E-state index contributed by atoms with van der Waals surface area (Å²) in [6.45, 7) is 5.31. The van der Waals surface area contributed by atoms with Gasteiger partial charge in [0, 0.05) is 12.8 Å². The summed E-state index contributed by atoms with van der Waals surface area (Å²) in [5.74, 6) is 0.660. The Morgan fingerprint density at radius 1 is 1.03 bits per heavy atom. The molecule has 0 amide bonds. The maximum atomic E-state index is 13.7. The fourth-order valence-electron chi connectivity index (χ4n) is 5.11. The molecule has 1 aromatic carbocycles. The average molecular weight is 394 g/mol. The van der Waals surface area contributed by atoms with Gasteiger partial charge in [0.05, 0.1) is 23.1 Å².